The predicted molar refractivity (Wildman–Crippen MR) is 140 cm³/mol. The third-order valence-corrected chi connectivity index (χ3v) is 8.10. The molecule has 2 heterocycles. The van der Waals surface area contributed by atoms with Gasteiger partial charge in [-0.2, -0.15) is 0 Å². The summed E-state index contributed by atoms with van der Waals surface area (Å²) in [5, 5.41) is 2.99. The minimum absolute atomic E-state index is 0.0200. The number of thiazole rings is 1. The van der Waals surface area contributed by atoms with Crippen LogP contribution >= 0.6 is 11.3 Å². The highest BCUT2D eigenvalue weighted by atomic mass is 32.1. The number of hydrogen-bond acceptors (Lipinski definition) is 5. The largest absolute Gasteiger partial charge is 0.487 e. The van der Waals surface area contributed by atoms with Crippen LogP contribution < -0.4 is 4.74 Å². The summed E-state index contributed by atoms with van der Waals surface area (Å²) in [6.45, 7) is 6.24. The Balaban J connectivity index is 1.62. The average molecular weight is 498 g/mol. The second-order valence-corrected chi connectivity index (χ2v) is 10.8. The Morgan fingerprint density at radius 1 is 1.06 bits per heavy atom. The van der Waals surface area contributed by atoms with Gasteiger partial charge in [-0.05, 0) is 58.1 Å². The van der Waals surface area contributed by atoms with Crippen molar-refractivity contribution in [2.45, 2.75) is 90.2 Å². The Morgan fingerprint density at radius 3 is 2.57 bits per heavy atom. The fourth-order valence-corrected chi connectivity index (χ4v) is 6.00. The Labute approximate surface area is 213 Å². The van der Waals surface area contributed by atoms with Crippen LogP contribution in [0.4, 0.5) is 0 Å². The molecule has 1 aromatic heterocycles. The van der Waals surface area contributed by atoms with Gasteiger partial charge in [0.1, 0.15) is 11.9 Å². The van der Waals surface area contributed by atoms with Crippen LogP contribution in [0.5, 0.6) is 5.75 Å². The zero-order chi connectivity index (χ0) is 24.6. The summed E-state index contributed by atoms with van der Waals surface area (Å²) in [4.78, 5) is 35.6. The molecule has 1 fully saturated rings. The van der Waals surface area contributed by atoms with Crippen molar-refractivity contribution < 1.29 is 14.3 Å². The standard InChI is InChI=1S/C28H39N3O3S/c1-3-30-17-11-5-4-6-12-18-31(27(32)19-22-20-35-21(2)29-22)24-14-8-10-16-26(24)34-25-15-9-7-13-23(25)28(30)33/h7,9,13,15,20,24,26H,3-6,8,10-12,14,16-19H2,1-2H3/t24-,26+/m1/s1. The number of carbonyl (C=O) groups excluding carboxylic acids is 2. The zero-order valence-electron chi connectivity index (χ0n) is 21.2. The minimum atomic E-state index is -0.112. The number of hydrogen-bond donors (Lipinski definition) is 0. The van der Waals surface area contributed by atoms with Crippen molar-refractivity contribution in [2.75, 3.05) is 19.6 Å². The number of nitrogens with zero attached hydrogens (tertiary/aromatic N) is 3. The number of carbonyl (C=O) groups is 2. The first-order valence-electron chi connectivity index (χ1n) is 13.3. The van der Waals surface area contributed by atoms with Gasteiger partial charge >= 0.3 is 0 Å². The molecule has 2 aliphatic rings. The van der Waals surface area contributed by atoms with Crippen molar-refractivity contribution in [1.29, 1.82) is 0 Å². The van der Waals surface area contributed by atoms with E-state index in [0.29, 0.717) is 24.3 Å². The van der Waals surface area contributed by atoms with E-state index >= 15 is 0 Å². The van der Waals surface area contributed by atoms with E-state index in [1.165, 1.54) is 0 Å². The van der Waals surface area contributed by atoms with Crippen molar-refractivity contribution in [1.82, 2.24) is 14.8 Å². The first-order chi connectivity index (χ1) is 17.1. The van der Waals surface area contributed by atoms with Gasteiger partial charge in [-0.15, -0.1) is 11.3 Å². The van der Waals surface area contributed by atoms with E-state index in [1.54, 1.807) is 11.3 Å². The highest BCUT2D eigenvalue weighted by molar-refractivity contribution is 7.09. The van der Waals surface area contributed by atoms with E-state index in [4.69, 9.17) is 4.74 Å². The summed E-state index contributed by atoms with van der Waals surface area (Å²) in [5.41, 5.74) is 1.49. The van der Waals surface area contributed by atoms with Crippen molar-refractivity contribution >= 4 is 23.2 Å². The molecule has 1 aliphatic heterocycles. The topological polar surface area (TPSA) is 62.7 Å². The Hall–Kier alpha value is -2.41. The monoisotopic (exact) mass is 497 g/mol. The first-order valence-corrected chi connectivity index (χ1v) is 14.2. The molecule has 0 bridgehead atoms. The summed E-state index contributed by atoms with van der Waals surface area (Å²) < 4.78 is 6.62. The molecule has 2 atom stereocenters. The molecule has 2 aromatic rings. The quantitative estimate of drug-likeness (QED) is 0.551. The zero-order valence-corrected chi connectivity index (χ0v) is 22.0. The molecule has 0 radical (unpaired) electrons. The number of amides is 2. The number of ether oxygens (including phenoxy) is 1. The number of benzene rings is 1. The van der Waals surface area contributed by atoms with E-state index in [2.05, 4.69) is 9.88 Å². The van der Waals surface area contributed by atoms with Crippen molar-refractivity contribution in [3.8, 4) is 5.75 Å². The minimum Gasteiger partial charge on any atom is -0.487 e. The van der Waals surface area contributed by atoms with Gasteiger partial charge in [-0.3, -0.25) is 9.59 Å². The lowest BCUT2D eigenvalue weighted by atomic mass is 9.90. The van der Waals surface area contributed by atoms with Crippen LogP contribution in [0.1, 0.15) is 85.8 Å². The summed E-state index contributed by atoms with van der Waals surface area (Å²) in [7, 11) is 0. The molecule has 0 spiro atoms. The van der Waals surface area contributed by atoms with Crippen LogP contribution in [0, 0.1) is 6.92 Å². The SMILES string of the molecule is CCN1CCCCCCCN(C(=O)Cc2csc(C)n2)[C@@H]2CCCC[C@@H]2Oc2ccccc2C1=O. The summed E-state index contributed by atoms with van der Waals surface area (Å²) >= 11 is 1.59. The third kappa shape index (κ3) is 6.63. The van der Waals surface area contributed by atoms with Crippen molar-refractivity contribution in [3.63, 3.8) is 0 Å². The maximum Gasteiger partial charge on any atom is 0.257 e. The van der Waals surface area contributed by atoms with E-state index in [-0.39, 0.29) is 24.0 Å². The Morgan fingerprint density at radius 2 is 1.80 bits per heavy atom. The lowest BCUT2D eigenvalue weighted by Gasteiger charge is -2.40. The van der Waals surface area contributed by atoms with Gasteiger partial charge in [0.25, 0.3) is 5.91 Å². The second-order valence-electron chi connectivity index (χ2n) is 9.78. The summed E-state index contributed by atoms with van der Waals surface area (Å²) in [5.74, 6) is 0.823. The Kier molecular flexibility index (Phi) is 9.18. The number of para-hydroxylation sites is 1. The van der Waals surface area contributed by atoms with E-state index in [9.17, 15) is 9.59 Å². The molecule has 1 aromatic carbocycles. The molecule has 6 nitrogen and oxygen atoms in total. The highest BCUT2D eigenvalue weighted by Crippen LogP contribution is 2.31. The molecular weight excluding hydrogens is 458 g/mol. The smallest absolute Gasteiger partial charge is 0.257 e. The molecule has 0 unspecified atom stereocenters. The molecule has 1 aliphatic carbocycles. The van der Waals surface area contributed by atoms with E-state index < -0.39 is 0 Å². The van der Waals surface area contributed by atoms with Crippen molar-refractivity contribution in [3.05, 3.63) is 45.9 Å². The maximum absolute atomic E-state index is 13.6. The molecule has 1 saturated carbocycles. The summed E-state index contributed by atoms with van der Waals surface area (Å²) in [6, 6.07) is 7.65. The second kappa shape index (κ2) is 12.5. The van der Waals surface area contributed by atoms with Gasteiger partial charge in [0.2, 0.25) is 5.91 Å². The van der Waals surface area contributed by atoms with Crippen LogP contribution in [0.15, 0.2) is 29.6 Å². The molecule has 35 heavy (non-hydrogen) atoms. The highest BCUT2D eigenvalue weighted by Gasteiger charge is 2.35. The number of fused-ring (bicyclic) bond motifs is 2. The van der Waals surface area contributed by atoms with Gasteiger partial charge in [-0.25, -0.2) is 4.98 Å². The molecule has 190 valence electrons. The van der Waals surface area contributed by atoms with Gasteiger partial charge in [0.15, 0.2) is 0 Å². The predicted octanol–water partition coefficient (Wildman–Crippen LogP) is 5.64. The van der Waals surface area contributed by atoms with E-state index in [1.807, 2.05) is 48.4 Å². The fraction of sp³-hybridized carbons (Fsp3) is 0.607. The Bertz CT molecular complexity index is 991. The normalized spacial score (nSPS) is 22.4. The van der Waals surface area contributed by atoms with Gasteiger partial charge in [0, 0.05) is 25.0 Å². The van der Waals surface area contributed by atoms with Crippen LogP contribution in [-0.4, -0.2) is 58.4 Å². The molecule has 7 heteroatoms. The van der Waals surface area contributed by atoms with Gasteiger partial charge in [0.05, 0.1) is 28.7 Å². The molecule has 2 amide bonds. The van der Waals surface area contributed by atoms with E-state index in [0.717, 1.165) is 81.6 Å². The van der Waals surface area contributed by atoms with Gasteiger partial charge in [-0.1, -0.05) is 37.8 Å². The molecular formula is C28H39N3O3S. The third-order valence-electron chi connectivity index (χ3n) is 7.28. The van der Waals surface area contributed by atoms with Crippen LogP contribution in [-0.2, 0) is 11.2 Å². The lowest BCUT2D eigenvalue weighted by Crippen LogP contribution is -2.51. The number of aromatic nitrogens is 1. The van der Waals surface area contributed by atoms with Crippen molar-refractivity contribution in [2.24, 2.45) is 0 Å². The molecule has 4 rings (SSSR count). The average Bonchev–Trinajstić information content (AvgIpc) is 3.27. The maximum atomic E-state index is 13.6. The van der Waals surface area contributed by atoms with Crippen LogP contribution in [0.3, 0.4) is 0 Å². The van der Waals surface area contributed by atoms with Crippen LogP contribution in [0.2, 0.25) is 0 Å². The van der Waals surface area contributed by atoms with Gasteiger partial charge < -0.3 is 14.5 Å². The number of rotatable bonds is 3. The lowest BCUT2D eigenvalue weighted by molar-refractivity contribution is -0.136. The molecule has 0 N–H and O–H groups in total. The number of aryl methyl sites for hydroxylation is 1. The molecule has 0 saturated heterocycles. The summed E-state index contributed by atoms with van der Waals surface area (Å²) in [6.07, 6.45) is 9.54. The fourth-order valence-electron chi connectivity index (χ4n) is 5.39. The van der Waals surface area contributed by atoms with Crippen LogP contribution in [0.25, 0.3) is 0 Å². The first kappa shape index (κ1) is 25.7.